The van der Waals surface area contributed by atoms with Crippen molar-refractivity contribution in [2.75, 3.05) is 7.11 Å². The topological polar surface area (TPSA) is 74.2 Å². The van der Waals surface area contributed by atoms with E-state index in [-0.39, 0.29) is 16.9 Å². The van der Waals surface area contributed by atoms with Crippen LogP contribution in [0.15, 0.2) is 22.7 Å². The standard InChI is InChI=1S/C14H18FN3O2/c1-14(2,3)11(16)12-17-13(20-18-12)10-8(15)6-5-7-9(10)19-4/h5-7,11H,16H2,1-4H3. The van der Waals surface area contributed by atoms with E-state index in [2.05, 4.69) is 10.1 Å². The first-order valence-corrected chi connectivity index (χ1v) is 6.26. The lowest BCUT2D eigenvalue weighted by Crippen LogP contribution is -2.27. The average Bonchev–Trinajstić information content (AvgIpc) is 2.85. The van der Waals surface area contributed by atoms with Crippen molar-refractivity contribution < 1.29 is 13.7 Å². The zero-order valence-corrected chi connectivity index (χ0v) is 12.0. The number of methoxy groups -OCH3 is 1. The highest BCUT2D eigenvalue weighted by molar-refractivity contribution is 5.63. The van der Waals surface area contributed by atoms with Gasteiger partial charge in [-0.05, 0) is 17.5 Å². The lowest BCUT2D eigenvalue weighted by Gasteiger charge is -2.23. The number of nitrogens with zero attached hydrogens (tertiary/aromatic N) is 2. The van der Waals surface area contributed by atoms with Gasteiger partial charge in [-0.3, -0.25) is 0 Å². The van der Waals surface area contributed by atoms with Crippen molar-refractivity contribution in [1.29, 1.82) is 0 Å². The second kappa shape index (κ2) is 5.20. The molecule has 0 aliphatic heterocycles. The van der Waals surface area contributed by atoms with Gasteiger partial charge >= 0.3 is 0 Å². The summed E-state index contributed by atoms with van der Waals surface area (Å²) in [7, 11) is 1.45. The molecule has 6 heteroatoms. The van der Waals surface area contributed by atoms with Gasteiger partial charge < -0.3 is 15.0 Å². The van der Waals surface area contributed by atoms with Crippen LogP contribution >= 0.6 is 0 Å². The Hall–Kier alpha value is -1.95. The SMILES string of the molecule is COc1cccc(F)c1-c1nc(C(N)C(C)(C)C)no1. The van der Waals surface area contributed by atoms with Crippen LogP contribution in [0.1, 0.15) is 32.6 Å². The minimum atomic E-state index is -0.483. The molecular formula is C14H18FN3O2. The summed E-state index contributed by atoms with van der Waals surface area (Å²) in [6, 6.07) is 4.09. The molecule has 0 spiro atoms. The molecule has 0 amide bonds. The maximum Gasteiger partial charge on any atom is 0.264 e. The molecule has 0 radical (unpaired) electrons. The number of benzene rings is 1. The quantitative estimate of drug-likeness (QED) is 0.935. The molecule has 108 valence electrons. The van der Waals surface area contributed by atoms with Gasteiger partial charge in [0.25, 0.3) is 5.89 Å². The number of halogens is 1. The van der Waals surface area contributed by atoms with Gasteiger partial charge in [-0.1, -0.05) is 32.0 Å². The molecule has 2 aromatic rings. The van der Waals surface area contributed by atoms with Gasteiger partial charge in [0.15, 0.2) is 5.82 Å². The van der Waals surface area contributed by atoms with Crippen LogP contribution in [-0.2, 0) is 0 Å². The normalized spacial score (nSPS) is 13.3. The molecule has 2 N–H and O–H groups in total. The third kappa shape index (κ3) is 2.65. The van der Waals surface area contributed by atoms with Gasteiger partial charge in [-0.15, -0.1) is 0 Å². The van der Waals surface area contributed by atoms with Gasteiger partial charge in [0.05, 0.1) is 13.2 Å². The summed E-state index contributed by atoms with van der Waals surface area (Å²) in [6.07, 6.45) is 0. The predicted octanol–water partition coefficient (Wildman–Crippen LogP) is 2.93. The molecule has 2 rings (SSSR count). The fourth-order valence-corrected chi connectivity index (χ4v) is 1.73. The lowest BCUT2D eigenvalue weighted by atomic mass is 9.87. The number of ether oxygens (including phenoxy) is 1. The fraction of sp³-hybridized carbons (Fsp3) is 0.429. The summed E-state index contributed by atoms with van der Waals surface area (Å²) >= 11 is 0. The largest absolute Gasteiger partial charge is 0.496 e. The third-order valence-electron chi connectivity index (χ3n) is 3.06. The zero-order chi connectivity index (χ0) is 14.9. The summed E-state index contributed by atoms with van der Waals surface area (Å²) in [5, 5.41) is 3.84. The molecular weight excluding hydrogens is 261 g/mol. The van der Waals surface area contributed by atoms with Gasteiger partial charge in [0.2, 0.25) is 0 Å². The Morgan fingerprint density at radius 3 is 2.65 bits per heavy atom. The summed E-state index contributed by atoms with van der Waals surface area (Å²) < 4.78 is 24.2. The van der Waals surface area contributed by atoms with Crippen LogP contribution in [-0.4, -0.2) is 17.3 Å². The van der Waals surface area contributed by atoms with Crippen LogP contribution in [0.4, 0.5) is 4.39 Å². The fourth-order valence-electron chi connectivity index (χ4n) is 1.73. The zero-order valence-electron chi connectivity index (χ0n) is 12.0. The van der Waals surface area contributed by atoms with Crippen molar-refractivity contribution in [2.24, 2.45) is 11.1 Å². The van der Waals surface area contributed by atoms with E-state index in [4.69, 9.17) is 15.0 Å². The van der Waals surface area contributed by atoms with E-state index in [1.54, 1.807) is 12.1 Å². The van der Waals surface area contributed by atoms with E-state index in [1.807, 2.05) is 20.8 Å². The van der Waals surface area contributed by atoms with E-state index in [9.17, 15) is 4.39 Å². The highest BCUT2D eigenvalue weighted by atomic mass is 19.1. The van der Waals surface area contributed by atoms with E-state index in [0.717, 1.165) is 0 Å². The van der Waals surface area contributed by atoms with Gasteiger partial charge in [0, 0.05) is 0 Å². The van der Waals surface area contributed by atoms with Crippen molar-refractivity contribution in [1.82, 2.24) is 10.1 Å². The first kappa shape index (κ1) is 14.5. The molecule has 1 unspecified atom stereocenters. The second-order valence-electron chi connectivity index (χ2n) is 5.62. The molecule has 0 bridgehead atoms. The molecule has 20 heavy (non-hydrogen) atoms. The highest BCUT2D eigenvalue weighted by Crippen LogP contribution is 2.34. The van der Waals surface area contributed by atoms with E-state index in [1.165, 1.54) is 13.2 Å². The molecule has 0 saturated heterocycles. The van der Waals surface area contributed by atoms with Crippen LogP contribution in [0.3, 0.4) is 0 Å². The molecule has 0 aliphatic rings. The smallest absolute Gasteiger partial charge is 0.264 e. The second-order valence-corrected chi connectivity index (χ2v) is 5.62. The molecule has 1 aromatic heterocycles. The Morgan fingerprint density at radius 1 is 1.35 bits per heavy atom. The number of hydrogen-bond donors (Lipinski definition) is 1. The summed E-state index contributed by atoms with van der Waals surface area (Å²) in [6.45, 7) is 5.91. The van der Waals surface area contributed by atoms with Crippen LogP contribution in [0.5, 0.6) is 5.75 Å². The van der Waals surface area contributed by atoms with Crippen LogP contribution in [0.2, 0.25) is 0 Å². The molecule has 1 heterocycles. The number of rotatable bonds is 3. The predicted molar refractivity (Wildman–Crippen MR) is 72.6 cm³/mol. The van der Waals surface area contributed by atoms with Gasteiger partial charge in [-0.25, -0.2) is 4.39 Å². The highest BCUT2D eigenvalue weighted by Gasteiger charge is 2.28. The monoisotopic (exact) mass is 279 g/mol. The van der Waals surface area contributed by atoms with Crippen LogP contribution in [0, 0.1) is 11.2 Å². The van der Waals surface area contributed by atoms with Gasteiger partial charge in [0.1, 0.15) is 17.1 Å². The van der Waals surface area contributed by atoms with E-state index < -0.39 is 11.9 Å². The summed E-state index contributed by atoms with van der Waals surface area (Å²) in [5.74, 6) is 0.265. The number of hydrogen-bond acceptors (Lipinski definition) is 5. The Kier molecular flexibility index (Phi) is 3.76. The van der Waals surface area contributed by atoms with Crippen molar-refractivity contribution >= 4 is 0 Å². The maximum absolute atomic E-state index is 13.9. The Bertz CT molecular complexity index is 605. The minimum Gasteiger partial charge on any atom is -0.496 e. The van der Waals surface area contributed by atoms with Crippen molar-refractivity contribution in [3.8, 4) is 17.2 Å². The van der Waals surface area contributed by atoms with E-state index >= 15 is 0 Å². The van der Waals surface area contributed by atoms with Gasteiger partial charge in [-0.2, -0.15) is 4.98 Å². The molecule has 1 atom stereocenters. The molecule has 5 nitrogen and oxygen atoms in total. The minimum absolute atomic E-state index is 0.0645. The molecule has 0 aliphatic carbocycles. The first-order valence-electron chi connectivity index (χ1n) is 6.26. The third-order valence-corrected chi connectivity index (χ3v) is 3.06. The van der Waals surface area contributed by atoms with Crippen molar-refractivity contribution in [3.05, 3.63) is 29.8 Å². The maximum atomic E-state index is 13.9. The average molecular weight is 279 g/mol. The molecule has 1 aromatic carbocycles. The Labute approximate surface area is 116 Å². The Balaban J connectivity index is 2.44. The van der Waals surface area contributed by atoms with Crippen LogP contribution < -0.4 is 10.5 Å². The summed E-state index contributed by atoms with van der Waals surface area (Å²) in [5.41, 5.74) is 5.99. The van der Waals surface area contributed by atoms with Crippen LogP contribution in [0.25, 0.3) is 11.5 Å². The molecule has 0 fully saturated rings. The Morgan fingerprint density at radius 2 is 2.05 bits per heavy atom. The first-order chi connectivity index (χ1) is 9.34. The van der Waals surface area contributed by atoms with E-state index in [0.29, 0.717) is 11.6 Å². The number of nitrogens with two attached hydrogens (primary N) is 1. The van der Waals surface area contributed by atoms with Crippen molar-refractivity contribution in [3.63, 3.8) is 0 Å². The van der Waals surface area contributed by atoms with Crippen molar-refractivity contribution in [2.45, 2.75) is 26.8 Å². The lowest BCUT2D eigenvalue weighted by molar-refractivity contribution is 0.303. The summed E-state index contributed by atoms with van der Waals surface area (Å²) in [4.78, 5) is 4.19. The molecule has 0 saturated carbocycles. The number of aromatic nitrogens is 2.